The van der Waals surface area contributed by atoms with Crippen molar-refractivity contribution in [1.82, 2.24) is 0 Å². The Balaban J connectivity index is 3.17. The molecule has 0 bridgehead atoms. The van der Waals surface area contributed by atoms with Crippen molar-refractivity contribution in [1.29, 1.82) is 5.26 Å². The molecule has 3 heteroatoms. The van der Waals surface area contributed by atoms with Crippen LogP contribution in [0, 0.1) is 11.3 Å². The number of nitrogens with zero attached hydrogens (tertiary/aromatic N) is 1. The van der Waals surface area contributed by atoms with E-state index in [1.165, 1.54) is 11.3 Å². The van der Waals surface area contributed by atoms with Gasteiger partial charge in [-0.2, -0.15) is 5.26 Å². The molecule has 1 aromatic heterocycles. The largest absolute Gasteiger partial charge is 0.389 e. The standard InChI is InChI=1S/C7H8N2S/c1-2-5-4-10-7(9)6(5)3-8/h4H,2,9H2,1H3. The van der Waals surface area contributed by atoms with Crippen LogP contribution in [0.15, 0.2) is 5.38 Å². The Morgan fingerprint density at radius 1 is 1.80 bits per heavy atom. The molecule has 0 saturated heterocycles. The van der Waals surface area contributed by atoms with Gasteiger partial charge in [0.15, 0.2) is 0 Å². The van der Waals surface area contributed by atoms with Gasteiger partial charge in [-0.15, -0.1) is 11.3 Å². The average molecular weight is 152 g/mol. The Bertz CT molecular complexity index is 270. The summed E-state index contributed by atoms with van der Waals surface area (Å²) in [5.74, 6) is 0. The molecule has 2 nitrogen and oxygen atoms in total. The lowest BCUT2D eigenvalue weighted by molar-refractivity contribution is 1.14. The highest BCUT2D eigenvalue weighted by molar-refractivity contribution is 7.14. The Morgan fingerprint density at radius 3 is 2.90 bits per heavy atom. The van der Waals surface area contributed by atoms with Crippen molar-refractivity contribution in [2.45, 2.75) is 13.3 Å². The molecule has 0 atom stereocenters. The first-order chi connectivity index (χ1) is 4.79. The lowest BCUT2D eigenvalue weighted by atomic mass is 10.1. The van der Waals surface area contributed by atoms with E-state index in [1.54, 1.807) is 0 Å². The minimum absolute atomic E-state index is 0.638. The number of thiophene rings is 1. The van der Waals surface area contributed by atoms with Crippen molar-refractivity contribution in [2.24, 2.45) is 0 Å². The lowest BCUT2D eigenvalue weighted by Gasteiger charge is -1.88. The second-order valence-electron chi connectivity index (χ2n) is 1.97. The number of rotatable bonds is 1. The van der Waals surface area contributed by atoms with Crippen LogP contribution in [-0.4, -0.2) is 0 Å². The summed E-state index contributed by atoms with van der Waals surface area (Å²) in [6.45, 7) is 2.02. The fourth-order valence-electron chi connectivity index (χ4n) is 0.798. The quantitative estimate of drug-likeness (QED) is 0.666. The summed E-state index contributed by atoms with van der Waals surface area (Å²) in [6, 6.07) is 2.08. The van der Waals surface area contributed by atoms with Gasteiger partial charge in [0.2, 0.25) is 0 Å². The van der Waals surface area contributed by atoms with Gasteiger partial charge in [0.05, 0.1) is 5.56 Å². The van der Waals surface area contributed by atoms with Crippen LogP contribution >= 0.6 is 11.3 Å². The van der Waals surface area contributed by atoms with E-state index in [-0.39, 0.29) is 0 Å². The first kappa shape index (κ1) is 7.10. The first-order valence-electron chi connectivity index (χ1n) is 3.05. The molecule has 1 heterocycles. The second-order valence-corrected chi connectivity index (χ2v) is 2.88. The molecule has 0 unspecified atom stereocenters. The molecule has 10 heavy (non-hydrogen) atoms. The van der Waals surface area contributed by atoms with E-state index >= 15 is 0 Å². The van der Waals surface area contributed by atoms with Gasteiger partial charge in [0.1, 0.15) is 11.1 Å². The lowest BCUT2D eigenvalue weighted by Crippen LogP contribution is -1.86. The van der Waals surface area contributed by atoms with Crippen LogP contribution in [0.2, 0.25) is 0 Å². The average Bonchev–Trinajstić information content (AvgIpc) is 2.30. The van der Waals surface area contributed by atoms with Crippen molar-refractivity contribution >= 4 is 16.3 Å². The van der Waals surface area contributed by atoms with E-state index in [0.29, 0.717) is 10.6 Å². The van der Waals surface area contributed by atoms with Crippen molar-refractivity contribution in [3.8, 4) is 6.07 Å². The summed E-state index contributed by atoms with van der Waals surface area (Å²) in [6.07, 6.45) is 0.886. The van der Waals surface area contributed by atoms with Crippen molar-refractivity contribution in [3.05, 3.63) is 16.5 Å². The number of nitrogens with two attached hydrogens (primary N) is 1. The number of nitrogen functional groups attached to an aromatic ring is 1. The number of aryl methyl sites for hydroxylation is 1. The third-order valence-corrected chi connectivity index (χ3v) is 2.25. The van der Waals surface area contributed by atoms with E-state index in [4.69, 9.17) is 11.0 Å². The smallest absolute Gasteiger partial charge is 0.104 e. The maximum atomic E-state index is 8.60. The van der Waals surface area contributed by atoms with Gasteiger partial charge in [0, 0.05) is 0 Å². The third kappa shape index (κ3) is 0.981. The molecule has 52 valence electrons. The number of nitriles is 1. The normalized spacial score (nSPS) is 9.20. The fourth-order valence-corrected chi connectivity index (χ4v) is 1.65. The zero-order valence-corrected chi connectivity index (χ0v) is 6.53. The minimum atomic E-state index is 0.638. The molecule has 0 saturated carbocycles. The number of hydrogen-bond donors (Lipinski definition) is 1. The summed E-state index contributed by atoms with van der Waals surface area (Å²) in [5, 5.41) is 11.2. The van der Waals surface area contributed by atoms with E-state index in [1.807, 2.05) is 12.3 Å². The zero-order chi connectivity index (χ0) is 7.56. The second kappa shape index (κ2) is 2.72. The number of anilines is 1. The van der Waals surface area contributed by atoms with Crippen LogP contribution in [-0.2, 0) is 6.42 Å². The molecule has 0 fully saturated rings. The Morgan fingerprint density at radius 2 is 2.50 bits per heavy atom. The molecule has 1 aromatic rings. The maximum absolute atomic E-state index is 8.60. The molecular weight excluding hydrogens is 144 g/mol. The summed E-state index contributed by atoms with van der Waals surface area (Å²) >= 11 is 1.44. The van der Waals surface area contributed by atoms with Gasteiger partial charge in [-0.25, -0.2) is 0 Å². The van der Waals surface area contributed by atoms with Gasteiger partial charge in [0.25, 0.3) is 0 Å². The van der Waals surface area contributed by atoms with E-state index < -0.39 is 0 Å². The van der Waals surface area contributed by atoms with Gasteiger partial charge < -0.3 is 5.73 Å². The molecule has 0 aromatic carbocycles. The molecule has 2 N–H and O–H groups in total. The van der Waals surface area contributed by atoms with Crippen LogP contribution in [0.25, 0.3) is 0 Å². The van der Waals surface area contributed by atoms with E-state index in [0.717, 1.165) is 12.0 Å². The van der Waals surface area contributed by atoms with Crippen LogP contribution in [0.5, 0.6) is 0 Å². The van der Waals surface area contributed by atoms with Gasteiger partial charge in [-0.3, -0.25) is 0 Å². The van der Waals surface area contributed by atoms with Gasteiger partial charge in [-0.1, -0.05) is 6.92 Å². The molecule has 0 amide bonds. The van der Waals surface area contributed by atoms with E-state index in [9.17, 15) is 0 Å². The van der Waals surface area contributed by atoms with Crippen LogP contribution < -0.4 is 5.73 Å². The Hall–Kier alpha value is -1.01. The van der Waals surface area contributed by atoms with Crippen LogP contribution in [0.3, 0.4) is 0 Å². The molecule has 0 aliphatic carbocycles. The van der Waals surface area contributed by atoms with Gasteiger partial charge >= 0.3 is 0 Å². The summed E-state index contributed by atoms with van der Waals surface area (Å²) in [7, 11) is 0. The van der Waals surface area contributed by atoms with Crippen molar-refractivity contribution in [3.63, 3.8) is 0 Å². The molecule has 0 aliphatic rings. The Labute approximate surface area is 63.9 Å². The highest BCUT2D eigenvalue weighted by Crippen LogP contribution is 2.23. The molecular formula is C7H8N2S. The van der Waals surface area contributed by atoms with Crippen LogP contribution in [0.1, 0.15) is 18.1 Å². The fraction of sp³-hybridized carbons (Fsp3) is 0.286. The molecule has 0 spiro atoms. The summed E-state index contributed by atoms with van der Waals surface area (Å²) in [4.78, 5) is 0. The highest BCUT2D eigenvalue weighted by Gasteiger charge is 2.05. The SMILES string of the molecule is CCc1csc(N)c1C#N. The third-order valence-electron chi connectivity index (χ3n) is 1.39. The predicted octanol–water partition coefficient (Wildman–Crippen LogP) is 1.76. The maximum Gasteiger partial charge on any atom is 0.104 e. The number of hydrogen-bond acceptors (Lipinski definition) is 3. The minimum Gasteiger partial charge on any atom is -0.389 e. The van der Waals surface area contributed by atoms with E-state index in [2.05, 4.69) is 6.07 Å². The zero-order valence-electron chi connectivity index (χ0n) is 5.72. The van der Waals surface area contributed by atoms with Crippen molar-refractivity contribution in [2.75, 3.05) is 5.73 Å². The predicted molar refractivity (Wildman–Crippen MR) is 42.8 cm³/mol. The first-order valence-corrected chi connectivity index (χ1v) is 3.93. The summed E-state index contributed by atoms with van der Waals surface area (Å²) in [5.41, 5.74) is 7.24. The van der Waals surface area contributed by atoms with Gasteiger partial charge in [-0.05, 0) is 17.4 Å². The van der Waals surface area contributed by atoms with Crippen LogP contribution in [0.4, 0.5) is 5.00 Å². The topological polar surface area (TPSA) is 49.8 Å². The van der Waals surface area contributed by atoms with Crippen molar-refractivity contribution < 1.29 is 0 Å². The molecule has 0 aliphatic heterocycles. The highest BCUT2D eigenvalue weighted by atomic mass is 32.1. The Kier molecular flexibility index (Phi) is 1.93. The summed E-state index contributed by atoms with van der Waals surface area (Å²) < 4.78 is 0. The molecule has 0 radical (unpaired) electrons. The monoisotopic (exact) mass is 152 g/mol. The molecule has 1 rings (SSSR count).